The fraction of sp³-hybridized carbons (Fsp3) is 1.00. The molecule has 2 nitrogen and oxygen atoms in total. The molecule has 0 aromatic rings. The predicted molar refractivity (Wildman–Crippen MR) is 23.2 cm³/mol. The fourth-order valence-electron chi connectivity index (χ4n) is 0.288. The van der Waals surface area contributed by atoms with Gasteiger partial charge in [0.15, 0.2) is 9.84 Å². The van der Waals surface area contributed by atoms with Gasteiger partial charge in [0.1, 0.15) is 0 Å². The summed E-state index contributed by atoms with van der Waals surface area (Å²) in [6.45, 7) is 1.72. The highest BCUT2D eigenvalue weighted by Crippen LogP contribution is 2.18. The zero-order valence-electron chi connectivity index (χ0n) is 3.51. The highest BCUT2D eigenvalue weighted by molar-refractivity contribution is 7.99. The van der Waals surface area contributed by atoms with Crippen molar-refractivity contribution >= 4 is 9.84 Å². The van der Waals surface area contributed by atoms with E-state index in [1.54, 1.807) is 6.92 Å². The lowest BCUT2D eigenvalue weighted by Gasteiger charge is -1.58. The molecule has 1 aliphatic rings. The van der Waals surface area contributed by atoms with E-state index >= 15 is 0 Å². The monoisotopic (exact) mass is 106 g/mol. The van der Waals surface area contributed by atoms with E-state index in [1.807, 2.05) is 0 Å². The van der Waals surface area contributed by atoms with Crippen molar-refractivity contribution in [3.05, 3.63) is 0 Å². The van der Waals surface area contributed by atoms with Gasteiger partial charge in [0, 0.05) is 0 Å². The van der Waals surface area contributed by atoms with E-state index in [4.69, 9.17) is 0 Å². The lowest BCUT2D eigenvalue weighted by Crippen LogP contribution is -1.73. The Morgan fingerprint density at radius 1 is 1.67 bits per heavy atom. The van der Waals surface area contributed by atoms with Crippen molar-refractivity contribution in [2.45, 2.75) is 12.2 Å². The highest BCUT2D eigenvalue weighted by Gasteiger charge is 2.38. The van der Waals surface area contributed by atoms with Crippen molar-refractivity contribution in [2.24, 2.45) is 0 Å². The van der Waals surface area contributed by atoms with Crippen LogP contribution in [0.5, 0.6) is 0 Å². The van der Waals surface area contributed by atoms with Gasteiger partial charge >= 0.3 is 0 Å². The normalized spacial score (nSPS) is 39.2. The smallest absolute Gasteiger partial charge is 0.155 e. The molecule has 3 heteroatoms. The van der Waals surface area contributed by atoms with Gasteiger partial charge in [-0.3, -0.25) is 0 Å². The van der Waals surface area contributed by atoms with Gasteiger partial charge < -0.3 is 0 Å². The van der Waals surface area contributed by atoms with Crippen molar-refractivity contribution in [3.63, 3.8) is 0 Å². The van der Waals surface area contributed by atoms with Gasteiger partial charge in [-0.25, -0.2) is 8.42 Å². The minimum Gasteiger partial charge on any atom is -0.228 e. The average Bonchev–Trinajstić information content (AvgIpc) is 1.73. The van der Waals surface area contributed by atoms with E-state index in [1.165, 1.54) is 0 Å². The first kappa shape index (κ1) is 4.12. The van der Waals surface area contributed by atoms with Crippen LogP contribution in [0.25, 0.3) is 0 Å². The third kappa shape index (κ3) is 0.429. The molecule has 1 heterocycles. The van der Waals surface area contributed by atoms with E-state index < -0.39 is 9.84 Å². The second-order valence-corrected chi connectivity index (χ2v) is 4.10. The van der Waals surface area contributed by atoms with Crippen LogP contribution >= 0.6 is 0 Å². The Hall–Kier alpha value is -0.0500. The summed E-state index contributed by atoms with van der Waals surface area (Å²) in [4.78, 5) is 0. The first-order chi connectivity index (χ1) is 2.63. The van der Waals surface area contributed by atoms with Crippen molar-refractivity contribution in [1.29, 1.82) is 0 Å². The topological polar surface area (TPSA) is 34.1 Å². The molecule has 1 unspecified atom stereocenters. The number of rotatable bonds is 0. The molecule has 36 valence electrons. The van der Waals surface area contributed by atoms with Crippen molar-refractivity contribution in [1.82, 2.24) is 0 Å². The van der Waals surface area contributed by atoms with Crippen LogP contribution in [0.4, 0.5) is 0 Å². The highest BCUT2D eigenvalue weighted by atomic mass is 32.2. The second-order valence-electron chi connectivity index (χ2n) is 1.64. The molecule has 1 aliphatic heterocycles. The molecule has 6 heavy (non-hydrogen) atoms. The van der Waals surface area contributed by atoms with Crippen LogP contribution in [0.1, 0.15) is 6.92 Å². The van der Waals surface area contributed by atoms with Crippen LogP contribution in [0.3, 0.4) is 0 Å². The zero-order valence-corrected chi connectivity index (χ0v) is 4.33. The van der Waals surface area contributed by atoms with Gasteiger partial charge in [-0.2, -0.15) is 0 Å². The van der Waals surface area contributed by atoms with Gasteiger partial charge in [-0.15, -0.1) is 0 Å². The predicted octanol–water partition coefficient (Wildman–Crippen LogP) is -0.197. The van der Waals surface area contributed by atoms with Crippen LogP contribution in [-0.2, 0) is 9.84 Å². The Kier molecular flexibility index (Phi) is 0.535. The zero-order chi connectivity index (χ0) is 4.78. The van der Waals surface area contributed by atoms with Gasteiger partial charge in [0.05, 0.1) is 11.0 Å². The molecule has 0 spiro atoms. The van der Waals surface area contributed by atoms with Crippen LogP contribution in [-0.4, -0.2) is 19.4 Å². The summed E-state index contributed by atoms with van der Waals surface area (Å²) < 4.78 is 20.1. The van der Waals surface area contributed by atoms with Gasteiger partial charge in [0.2, 0.25) is 0 Å². The molecule has 0 N–H and O–H groups in total. The largest absolute Gasteiger partial charge is 0.228 e. The molecular formula is C3H6O2S. The van der Waals surface area contributed by atoms with E-state index in [9.17, 15) is 8.42 Å². The summed E-state index contributed by atoms with van der Waals surface area (Å²) in [5.41, 5.74) is 0. The number of hydrogen-bond donors (Lipinski definition) is 0. The molecule has 0 aliphatic carbocycles. The Morgan fingerprint density at radius 3 is 1.83 bits per heavy atom. The third-order valence-corrected chi connectivity index (χ3v) is 2.89. The number of sulfone groups is 1. The van der Waals surface area contributed by atoms with Crippen LogP contribution in [0, 0.1) is 0 Å². The molecular weight excluding hydrogens is 100 g/mol. The molecule has 1 rings (SSSR count). The Morgan fingerprint density at radius 2 is 1.83 bits per heavy atom. The van der Waals surface area contributed by atoms with E-state index in [0.29, 0.717) is 5.75 Å². The Balaban J connectivity index is 2.92. The summed E-state index contributed by atoms with van der Waals surface area (Å²) in [6, 6.07) is 0. The van der Waals surface area contributed by atoms with Crippen LogP contribution in [0.15, 0.2) is 0 Å². The average molecular weight is 106 g/mol. The lowest BCUT2D eigenvalue weighted by molar-refractivity contribution is 0.613. The molecule has 1 fully saturated rings. The summed E-state index contributed by atoms with van der Waals surface area (Å²) in [7, 11) is -2.50. The second kappa shape index (κ2) is 0.780. The van der Waals surface area contributed by atoms with Gasteiger partial charge in [-0.1, -0.05) is 0 Å². The first-order valence-corrected chi connectivity index (χ1v) is 3.56. The van der Waals surface area contributed by atoms with Crippen LogP contribution in [0.2, 0.25) is 0 Å². The van der Waals surface area contributed by atoms with Crippen molar-refractivity contribution in [3.8, 4) is 0 Å². The van der Waals surface area contributed by atoms with E-state index in [-0.39, 0.29) is 5.25 Å². The molecule has 0 amide bonds. The summed E-state index contributed by atoms with van der Waals surface area (Å²) in [6.07, 6.45) is 0. The summed E-state index contributed by atoms with van der Waals surface area (Å²) in [5.74, 6) is 0.410. The Labute approximate surface area is 37.1 Å². The minimum atomic E-state index is -2.50. The number of hydrogen-bond acceptors (Lipinski definition) is 2. The standard InChI is InChI=1S/C3H6O2S/c1-3-2-6(3,4)5/h3H,2H2,1H3. The van der Waals surface area contributed by atoms with Crippen molar-refractivity contribution < 1.29 is 8.42 Å². The summed E-state index contributed by atoms with van der Waals surface area (Å²) in [5, 5.41) is -0.0301. The molecule has 1 saturated heterocycles. The van der Waals surface area contributed by atoms with Crippen LogP contribution < -0.4 is 0 Å². The first-order valence-electron chi connectivity index (χ1n) is 1.84. The van der Waals surface area contributed by atoms with E-state index in [2.05, 4.69) is 0 Å². The molecule has 0 bridgehead atoms. The van der Waals surface area contributed by atoms with Crippen molar-refractivity contribution in [2.75, 3.05) is 5.75 Å². The molecule has 1 atom stereocenters. The molecule has 0 aromatic carbocycles. The molecule has 0 saturated carbocycles. The summed E-state index contributed by atoms with van der Waals surface area (Å²) >= 11 is 0. The lowest BCUT2D eigenvalue weighted by atomic mass is 10.6. The van der Waals surface area contributed by atoms with Gasteiger partial charge in [-0.05, 0) is 6.92 Å². The SMILES string of the molecule is CC1CS1(=O)=O. The fourth-order valence-corrected chi connectivity index (χ4v) is 1.20. The maximum Gasteiger partial charge on any atom is 0.155 e. The maximum absolute atomic E-state index is 10.1. The maximum atomic E-state index is 10.1. The quantitative estimate of drug-likeness (QED) is 0.401. The minimum absolute atomic E-state index is 0.0301. The van der Waals surface area contributed by atoms with Gasteiger partial charge in [0.25, 0.3) is 0 Å². The molecule has 0 aromatic heterocycles. The Bertz CT molecular complexity index is 144. The molecule has 0 radical (unpaired) electrons. The third-order valence-electron chi connectivity index (χ3n) is 0.965. The van der Waals surface area contributed by atoms with E-state index in [0.717, 1.165) is 0 Å².